The van der Waals surface area contributed by atoms with Crippen LogP contribution in [0.25, 0.3) is 0 Å². The molecule has 2 heteroatoms. The number of nitrogens with zero attached hydrogens (tertiary/aromatic N) is 1. The number of hydrogen-bond acceptors (Lipinski definition) is 2. The molecule has 2 unspecified atom stereocenters. The van der Waals surface area contributed by atoms with Crippen molar-refractivity contribution in [3.63, 3.8) is 0 Å². The van der Waals surface area contributed by atoms with Gasteiger partial charge in [-0.3, -0.25) is 9.69 Å². The van der Waals surface area contributed by atoms with Crippen molar-refractivity contribution in [3.8, 4) is 0 Å². The number of likely N-dealkylation sites (N-methyl/N-ethyl adjacent to an activating group) is 1. The van der Waals surface area contributed by atoms with Gasteiger partial charge in [0.15, 0.2) is 0 Å². The Balaban J connectivity index is 2.06. The van der Waals surface area contributed by atoms with Crippen LogP contribution in [0.4, 0.5) is 0 Å². The zero-order chi connectivity index (χ0) is 12.3. The van der Waals surface area contributed by atoms with Crippen molar-refractivity contribution in [2.45, 2.75) is 64.8 Å². The molecular formula is C15H27NO. The molecule has 0 radical (unpaired) electrons. The summed E-state index contributed by atoms with van der Waals surface area (Å²) in [5.41, 5.74) is 0. The van der Waals surface area contributed by atoms with Gasteiger partial charge in [0.2, 0.25) is 0 Å². The molecule has 2 rings (SSSR count). The minimum atomic E-state index is 0.257. The summed E-state index contributed by atoms with van der Waals surface area (Å²) in [7, 11) is 0. The van der Waals surface area contributed by atoms with E-state index in [9.17, 15) is 4.79 Å². The van der Waals surface area contributed by atoms with Gasteiger partial charge in [0.1, 0.15) is 5.78 Å². The molecule has 2 fully saturated rings. The Bertz CT molecular complexity index is 258. The average Bonchev–Trinajstić information content (AvgIpc) is 2.82. The van der Waals surface area contributed by atoms with Gasteiger partial charge in [0, 0.05) is 6.42 Å². The smallest absolute Gasteiger partial charge is 0.149 e. The number of hydrogen-bond donors (Lipinski definition) is 0. The van der Waals surface area contributed by atoms with Crippen LogP contribution in [0.5, 0.6) is 0 Å². The lowest BCUT2D eigenvalue weighted by molar-refractivity contribution is -0.124. The predicted octanol–water partition coefficient (Wildman–Crippen LogP) is 3.26. The van der Waals surface area contributed by atoms with Crippen LogP contribution in [0, 0.1) is 11.8 Å². The van der Waals surface area contributed by atoms with Gasteiger partial charge >= 0.3 is 0 Å². The Kier molecular flexibility index (Phi) is 4.61. The van der Waals surface area contributed by atoms with Crippen LogP contribution in [0.3, 0.4) is 0 Å². The Morgan fingerprint density at radius 3 is 2.41 bits per heavy atom. The lowest BCUT2D eigenvalue weighted by atomic mass is 9.75. The summed E-state index contributed by atoms with van der Waals surface area (Å²) in [4.78, 5) is 14.6. The fourth-order valence-corrected chi connectivity index (χ4v) is 3.94. The highest BCUT2D eigenvalue weighted by Crippen LogP contribution is 2.39. The lowest BCUT2D eigenvalue weighted by Crippen LogP contribution is -2.41. The molecule has 1 saturated carbocycles. The normalized spacial score (nSPS) is 31.9. The van der Waals surface area contributed by atoms with Crippen molar-refractivity contribution in [1.82, 2.24) is 4.90 Å². The number of ketones is 1. The summed E-state index contributed by atoms with van der Waals surface area (Å²) in [6.07, 6.45) is 8.90. The molecule has 0 N–H and O–H groups in total. The van der Waals surface area contributed by atoms with Crippen molar-refractivity contribution in [1.29, 1.82) is 0 Å². The monoisotopic (exact) mass is 237 g/mol. The van der Waals surface area contributed by atoms with E-state index in [1.54, 1.807) is 0 Å². The second-order valence-corrected chi connectivity index (χ2v) is 5.74. The molecule has 1 aliphatic carbocycles. The summed E-state index contributed by atoms with van der Waals surface area (Å²) in [6.45, 7) is 6.40. The highest BCUT2D eigenvalue weighted by molar-refractivity contribution is 5.84. The molecule has 0 aromatic heterocycles. The van der Waals surface area contributed by atoms with E-state index < -0.39 is 0 Å². The molecule has 0 aromatic carbocycles. The first-order chi connectivity index (χ1) is 8.27. The fourth-order valence-electron chi connectivity index (χ4n) is 3.94. The van der Waals surface area contributed by atoms with Gasteiger partial charge in [-0.1, -0.05) is 46.0 Å². The zero-order valence-electron chi connectivity index (χ0n) is 11.5. The molecule has 17 heavy (non-hydrogen) atoms. The first kappa shape index (κ1) is 13.1. The Morgan fingerprint density at radius 2 is 1.82 bits per heavy atom. The first-order valence-corrected chi connectivity index (χ1v) is 7.54. The third kappa shape index (κ3) is 2.73. The van der Waals surface area contributed by atoms with E-state index in [-0.39, 0.29) is 6.04 Å². The van der Waals surface area contributed by atoms with Crippen molar-refractivity contribution in [2.75, 3.05) is 13.1 Å². The SMILES string of the molecule is CCC(=O)C1C(C2CCCCC2)CCN1CC. The number of carbonyl (C=O) groups excluding carboxylic acids is 1. The third-order valence-electron chi connectivity index (χ3n) is 4.89. The fraction of sp³-hybridized carbons (Fsp3) is 0.933. The minimum absolute atomic E-state index is 0.257. The molecule has 0 aromatic rings. The van der Waals surface area contributed by atoms with Crippen LogP contribution in [0.1, 0.15) is 58.8 Å². The standard InChI is InChI=1S/C15H27NO/c1-3-14(17)15-13(10-11-16(15)4-2)12-8-6-5-7-9-12/h12-13,15H,3-11H2,1-2H3. The van der Waals surface area contributed by atoms with Crippen molar-refractivity contribution >= 4 is 5.78 Å². The molecule has 2 nitrogen and oxygen atoms in total. The quantitative estimate of drug-likeness (QED) is 0.748. The largest absolute Gasteiger partial charge is 0.298 e. The third-order valence-corrected chi connectivity index (χ3v) is 4.89. The van der Waals surface area contributed by atoms with Crippen LogP contribution in [-0.2, 0) is 4.79 Å². The highest BCUT2D eigenvalue weighted by atomic mass is 16.1. The van der Waals surface area contributed by atoms with E-state index >= 15 is 0 Å². The maximum Gasteiger partial charge on any atom is 0.149 e. The van der Waals surface area contributed by atoms with Crippen LogP contribution in [0.2, 0.25) is 0 Å². The van der Waals surface area contributed by atoms with Gasteiger partial charge < -0.3 is 0 Å². The average molecular weight is 237 g/mol. The van der Waals surface area contributed by atoms with Crippen LogP contribution in [-0.4, -0.2) is 29.8 Å². The van der Waals surface area contributed by atoms with E-state index in [2.05, 4.69) is 11.8 Å². The molecule has 2 aliphatic rings. The first-order valence-electron chi connectivity index (χ1n) is 7.54. The number of carbonyl (C=O) groups is 1. The Hall–Kier alpha value is -0.370. The van der Waals surface area contributed by atoms with Crippen molar-refractivity contribution in [3.05, 3.63) is 0 Å². The van der Waals surface area contributed by atoms with Gasteiger partial charge in [0.05, 0.1) is 6.04 Å². The van der Waals surface area contributed by atoms with Crippen LogP contribution in [0.15, 0.2) is 0 Å². The van der Waals surface area contributed by atoms with Gasteiger partial charge in [-0.25, -0.2) is 0 Å². The van der Waals surface area contributed by atoms with E-state index in [4.69, 9.17) is 0 Å². The van der Waals surface area contributed by atoms with E-state index in [0.29, 0.717) is 18.1 Å². The lowest BCUT2D eigenvalue weighted by Gasteiger charge is -2.33. The Morgan fingerprint density at radius 1 is 1.12 bits per heavy atom. The van der Waals surface area contributed by atoms with Gasteiger partial charge in [0.25, 0.3) is 0 Å². The number of rotatable bonds is 4. The maximum absolute atomic E-state index is 12.2. The van der Waals surface area contributed by atoms with Crippen molar-refractivity contribution < 1.29 is 4.79 Å². The molecule has 1 heterocycles. The number of Topliss-reactive ketones (excluding diaryl/α,β-unsaturated/α-hetero) is 1. The molecule has 98 valence electrons. The summed E-state index contributed by atoms with van der Waals surface area (Å²) in [5, 5.41) is 0. The molecule has 1 saturated heterocycles. The van der Waals surface area contributed by atoms with E-state index in [1.807, 2.05) is 6.92 Å². The Labute approximate surface area is 106 Å². The topological polar surface area (TPSA) is 20.3 Å². The van der Waals surface area contributed by atoms with Crippen LogP contribution < -0.4 is 0 Å². The zero-order valence-corrected chi connectivity index (χ0v) is 11.5. The second kappa shape index (κ2) is 5.99. The van der Waals surface area contributed by atoms with Gasteiger partial charge in [-0.05, 0) is 31.3 Å². The summed E-state index contributed by atoms with van der Waals surface area (Å²) < 4.78 is 0. The molecule has 1 aliphatic heterocycles. The maximum atomic E-state index is 12.2. The predicted molar refractivity (Wildman–Crippen MR) is 71.0 cm³/mol. The minimum Gasteiger partial charge on any atom is -0.298 e. The van der Waals surface area contributed by atoms with Gasteiger partial charge in [-0.15, -0.1) is 0 Å². The highest BCUT2D eigenvalue weighted by Gasteiger charge is 2.41. The second-order valence-electron chi connectivity index (χ2n) is 5.74. The van der Waals surface area contributed by atoms with Crippen LogP contribution >= 0.6 is 0 Å². The van der Waals surface area contributed by atoms with Gasteiger partial charge in [-0.2, -0.15) is 0 Å². The summed E-state index contributed by atoms with van der Waals surface area (Å²) >= 11 is 0. The molecule has 0 amide bonds. The molecule has 0 bridgehead atoms. The molecule has 2 atom stereocenters. The number of likely N-dealkylation sites (tertiary alicyclic amines) is 1. The van der Waals surface area contributed by atoms with E-state index in [0.717, 1.165) is 19.0 Å². The molecule has 0 spiro atoms. The summed E-state index contributed by atoms with van der Waals surface area (Å²) in [6, 6.07) is 0.257. The van der Waals surface area contributed by atoms with Crippen molar-refractivity contribution in [2.24, 2.45) is 11.8 Å². The summed E-state index contributed by atoms with van der Waals surface area (Å²) in [5.74, 6) is 1.99. The molecular weight excluding hydrogens is 210 g/mol. The van der Waals surface area contributed by atoms with E-state index in [1.165, 1.54) is 38.5 Å².